The first-order valence-electron chi connectivity index (χ1n) is 5.80. The van der Waals surface area contributed by atoms with Crippen molar-refractivity contribution in [2.75, 3.05) is 5.73 Å². The molecule has 7 heteroatoms. The van der Waals surface area contributed by atoms with Crippen LogP contribution in [0, 0.1) is 0 Å². The summed E-state index contributed by atoms with van der Waals surface area (Å²) < 4.78 is 3.64. The van der Waals surface area contributed by atoms with Gasteiger partial charge in [-0.1, -0.05) is 0 Å². The highest BCUT2D eigenvalue weighted by Gasteiger charge is 2.20. The molecule has 0 aromatic carbocycles. The molecule has 94 valence electrons. The highest BCUT2D eigenvalue weighted by molar-refractivity contribution is 5.98. The first-order valence-corrected chi connectivity index (χ1v) is 5.80. The van der Waals surface area contributed by atoms with E-state index in [0.29, 0.717) is 5.82 Å². The molecule has 7 nitrogen and oxygen atoms in total. The Balaban J connectivity index is 2.36. The van der Waals surface area contributed by atoms with E-state index in [-0.39, 0.29) is 6.04 Å². The zero-order valence-electron chi connectivity index (χ0n) is 10.5. The molecule has 0 aliphatic rings. The van der Waals surface area contributed by atoms with Gasteiger partial charge in [0.2, 0.25) is 0 Å². The summed E-state index contributed by atoms with van der Waals surface area (Å²) in [5, 5.41) is 16.7. The minimum absolute atomic E-state index is 0.220. The van der Waals surface area contributed by atoms with Gasteiger partial charge in [-0.15, -0.1) is 0 Å². The number of nitrogens with one attached hydrogen (secondary N) is 1. The Labute approximate surface area is 104 Å². The Morgan fingerprint density at radius 3 is 2.78 bits per heavy atom. The van der Waals surface area contributed by atoms with Crippen molar-refractivity contribution in [3.63, 3.8) is 0 Å². The number of anilines is 1. The lowest BCUT2D eigenvalue weighted by molar-refractivity contribution is 0.546. The fraction of sp³-hybridized carbons (Fsp3) is 0.364. The van der Waals surface area contributed by atoms with E-state index in [4.69, 9.17) is 5.73 Å². The first kappa shape index (κ1) is 10.8. The van der Waals surface area contributed by atoms with E-state index in [9.17, 15) is 0 Å². The molecule has 3 heterocycles. The molecule has 0 aliphatic carbocycles. The molecule has 0 spiro atoms. The van der Waals surface area contributed by atoms with Gasteiger partial charge in [-0.2, -0.15) is 15.3 Å². The first-order chi connectivity index (χ1) is 8.59. The van der Waals surface area contributed by atoms with Crippen molar-refractivity contribution in [1.29, 1.82) is 0 Å². The number of rotatable bonds is 2. The number of aryl methyl sites for hydroxylation is 1. The lowest BCUT2D eigenvalue weighted by Gasteiger charge is -2.04. The summed E-state index contributed by atoms with van der Waals surface area (Å²) in [6, 6.07) is 2.14. The third kappa shape index (κ3) is 1.33. The molecular formula is C11H15N7. The summed E-state index contributed by atoms with van der Waals surface area (Å²) in [6.45, 7) is 4.12. The Morgan fingerprint density at radius 1 is 1.39 bits per heavy atom. The lowest BCUT2D eigenvalue weighted by atomic mass is 10.2. The van der Waals surface area contributed by atoms with Gasteiger partial charge in [0.05, 0.1) is 11.1 Å². The number of H-pyrrole nitrogens is 1. The average Bonchev–Trinajstić information content (AvgIpc) is 2.96. The molecule has 0 unspecified atom stereocenters. The number of hydrogen-bond donors (Lipinski definition) is 2. The summed E-state index contributed by atoms with van der Waals surface area (Å²) in [5.74, 6) is 0.535. The van der Waals surface area contributed by atoms with Crippen molar-refractivity contribution in [2.45, 2.75) is 19.9 Å². The maximum atomic E-state index is 5.95. The number of nitrogen functional groups attached to an aromatic ring is 1. The van der Waals surface area contributed by atoms with Crippen LogP contribution in [0.2, 0.25) is 0 Å². The Hall–Kier alpha value is -2.31. The molecule has 18 heavy (non-hydrogen) atoms. The molecule has 0 aliphatic heterocycles. The smallest absolute Gasteiger partial charge is 0.182 e. The molecule has 0 radical (unpaired) electrons. The molecule has 0 saturated heterocycles. The molecule has 0 amide bonds. The van der Waals surface area contributed by atoms with Crippen LogP contribution in [-0.4, -0.2) is 29.8 Å². The van der Waals surface area contributed by atoms with Gasteiger partial charge >= 0.3 is 0 Å². The number of hydrogen-bond acceptors (Lipinski definition) is 4. The zero-order valence-corrected chi connectivity index (χ0v) is 10.5. The van der Waals surface area contributed by atoms with Crippen LogP contribution in [0.15, 0.2) is 12.3 Å². The van der Waals surface area contributed by atoms with E-state index in [0.717, 1.165) is 22.4 Å². The van der Waals surface area contributed by atoms with Crippen LogP contribution < -0.4 is 5.73 Å². The van der Waals surface area contributed by atoms with Crippen molar-refractivity contribution in [3.05, 3.63) is 12.3 Å². The topological polar surface area (TPSA) is 90.3 Å². The fourth-order valence-corrected chi connectivity index (χ4v) is 2.10. The normalized spacial score (nSPS) is 11.8. The third-order valence-corrected chi connectivity index (χ3v) is 2.99. The second-order valence-corrected chi connectivity index (χ2v) is 4.56. The predicted octanol–water partition coefficient (Wildman–Crippen LogP) is 1.32. The molecule has 0 atom stereocenters. The van der Waals surface area contributed by atoms with Crippen molar-refractivity contribution < 1.29 is 0 Å². The second kappa shape index (κ2) is 3.59. The van der Waals surface area contributed by atoms with Crippen LogP contribution in [0.4, 0.5) is 5.82 Å². The third-order valence-electron chi connectivity index (χ3n) is 2.99. The minimum atomic E-state index is 0.220. The zero-order chi connectivity index (χ0) is 12.9. The van der Waals surface area contributed by atoms with Crippen LogP contribution in [0.3, 0.4) is 0 Å². The van der Waals surface area contributed by atoms with Gasteiger partial charge in [0, 0.05) is 19.3 Å². The van der Waals surface area contributed by atoms with Gasteiger partial charge in [0.25, 0.3) is 0 Å². The maximum absolute atomic E-state index is 5.95. The summed E-state index contributed by atoms with van der Waals surface area (Å²) in [7, 11) is 1.88. The summed E-state index contributed by atoms with van der Waals surface area (Å²) in [6.07, 6.45) is 1.74. The summed E-state index contributed by atoms with van der Waals surface area (Å²) in [5.41, 5.74) is 8.46. The monoisotopic (exact) mass is 245 g/mol. The van der Waals surface area contributed by atoms with Gasteiger partial charge in [-0.05, 0) is 19.9 Å². The lowest BCUT2D eigenvalue weighted by Crippen LogP contribution is -2.04. The highest BCUT2D eigenvalue weighted by Crippen LogP contribution is 2.31. The second-order valence-electron chi connectivity index (χ2n) is 4.56. The van der Waals surface area contributed by atoms with Crippen molar-refractivity contribution in [2.24, 2.45) is 7.05 Å². The number of fused-ring (bicyclic) bond motifs is 1. The minimum Gasteiger partial charge on any atom is -0.383 e. The van der Waals surface area contributed by atoms with E-state index in [1.165, 1.54) is 0 Å². The number of nitrogens with zero attached hydrogens (tertiary/aromatic N) is 5. The summed E-state index contributed by atoms with van der Waals surface area (Å²) in [4.78, 5) is 0. The van der Waals surface area contributed by atoms with E-state index < -0.39 is 0 Å². The van der Waals surface area contributed by atoms with Crippen LogP contribution in [-0.2, 0) is 7.05 Å². The Morgan fingerprint density at radius 2 is 2.17 bits per heavy atom. The Kier molecular flexibility index (Phi) is 2.16. The molecular weight excluding hydrogens is 230 g/mol. The molecule has 3 N–H and O–H groups in total. The fourth-order valence-electron chi connectivity index (χ4n) is 2.10. The number of aromatic amines is 1. The van der Waals surface area contributed by atoms with Crippen LogP contribution in [0.1, 0.15) is 19.9 Å². The summed E-state index contributed by atoms with van der Waals surface area (Å²) >= 11 is 0. The van der Waals surface area contributed by atoms with Crippen LogP contribution >= 0.6 is 0 Å². The van der Waals surface area contributed by atoms with E-state index in [2.05, 4.69) is 34.2 Å². The van der Waals surface area contributed by atoms with Gasteiger partial charge in [0.15, 0.2) is 5.65 Å². The van der Waals surface area contributed by atoms with Gasteiger partial charge in [-0.3, -0.25) is 9.78 Å². The van der Waals surface area contributed by atoms with Crippen molar-refractivity contribution in [3.8, 4) is 11.4 Å². The van der Waals surface area contributed by atoms with Crippen molar-refractivity contribution >= 4 is 16.9 Å². The quantitative estimate of drug-likeness (QED) is 0.712. The van der Waals surface area contributed by atoms with E-state index in [1.54, 1.807) is 10.9 Å². The SMILES string of the molecule is CC(C)n1nc(-c2ccnn2C)c2c(N)[nH]nc21. The van der Waals surface area contributed by atoms with E-state index in [1.807, 2.05) is 17.8 Å². The van der Waals surface area contributed by atoms with E-state index >= 15 is 0 Å². The van der Waals surface area contributed by atoms with Crippen LogP contribution in [0.5, 0.6) is 0 Å². The van der Waals surface area contributed by atoms with Gasteiger partial charge in [-0.25, -0.2) is 4.68 Å². The standard InChI is InChI=1S/C11H15N7/c1-6(2)18-11-8(10(12)14-15-11)9(16-18)7-4-5-13-17(7)3/h4-6H,1-3H3,(H3,12,14,15). The van der Waals surface area contributed by atoms with Crippen LogP contribution in [0.25, 0.3) is 22.4 Å². The average molecular weight is 245 g/mol. The maximum Gasteiger partial charge on any atom is 0.182 e. The molecule has 0 fully saturated rings. The molecule has 0 bridgehead atoms. The predicted molar refractivity (Wildman–Crippen MR) is 68.9 cm³/mol. The van der Waals surface area contributed by atoms with Crippen molar-refractivity contribution in [1.82, 2.24) is 29.8 Å². The van der Waals surface area contributed by atoms with Gasteiger partial charge < -0.3 is 5.73 Å². The number of nitrogens with two attached hydrogens (primary N) is 1. The highest BCUT2D eigenvalue weighted by atomic mass is 15.4. The molecule has 3 rings (SSSR count). The molecule has 0 saturated carbocycles. The number of aromatic nitrogens is 6. The largest absolute Gasteiger partial charge is 0.383 e. The van der Waals surface area contributed by atoms with Gasteiger partial charge in [0.1, 0.15) is 11.5 Å². The Bertz CT molecular complexity index is 700. The molecule has 3 aromatic heterocycles. The molecule has 3 aromatic rings.